The Morgan fingerprint density at radius 2 is 1.80 bits per heavy atom. The summed E-state index contributed by atoms with van der Waals surface area (Å²) < 4.78 is 0.746. The molecule has 0 spiro atoms. The third-order valence-corrected chi connectivity index (χ3v) is 4.55. The molecule has 104 valence electrons. The molecule has 0 aliphatic heterocycles. The molecule has 0 heterocycles. The molecule has 1 amide bonds. The van der Waals surface area contributed by atoms with Crippen LogP contribution < -0.4 is 11.1 Å². The largest absolute Gasteiger partial charge is 0.397 e. The molecule has 2 aromatic carbocycles. The first-order chi connectivity index (χ1) is 9.38. The minimum Gasteiger partial charge on any atom is -0.397 e. The molecule has 2 aromatic rings. The lowest BCUT2D eigenvalue weighted by Gasteiger charge is -2.08. The summed E-state index contributed by atoms with van der Waals surface area (Å²) in [7, 11) is 0. The Balaban J connectivity index is 2.26. The lowest BCUT2D eigenvalue weighted by atomic mass is 10.2. The van der Waals surface area contributed by atoms with E-state index in [1.165, 1.54) is 12.1 Å². The first-order valence-corrected chi connectivity index (χ1v) is 7.32. The normalized spacial score (nSPS) is 10.4. The van der Waals surface area contributed by atoms with Gasteiger partial charge in [0, 0.05) is 15.7 Å². The zero-order chi connectivity index (χ0) is 14.9. The second-order valence-electron chi connectivity index (χ2n) is 3.94. The minimum absolute atomic E-state index is 0.227. The van der Waals surface area contributed by atoms with Crippen LogP contribution in [0.1, 0.15) is 10.4 Å². The van der Waals surface area contributed by atoms with Crippen molar-refractivity contribution in [1.29, 1.82) is 0 Å². The Labute approximate surface area is 139 Å². The molecule has 0 fully saturated rings. The van der Waals surface area contributed by atoms with E-state index in [1.54, 1.807) is 18.2 Å². The molecule has 0 bridgehead atoms. The van der Waals surface area contributed by atoms with E-state index in [0.29, 0.717) is 16.3 Å². The van der Waals surface area contributed by atoms with Crippen molar-refractivity contribution in [3.05, 3.63) is 55.4 Å². The first-order valence-electron chi connectivity index (χ1n) is 5.39. The van der Waals surface area contributed by atoms with E-state index in [1.807, 2.05) is 0 Å². The zero-order valence-electron chi connectivity index (χ0n) is 9.88. The maximum atomic E-state index is 12.1. The second-order valence-corrected chi connectivity index (χ2v) is 5.99. The fourth-order valence-electron chi connectivity index (χ4n) is 1.52. The Hall–Kier alpha value is -0.940. The van der Waals surface area contributed by atoms with Crippen LogP contribution in [0.3, 0.4) is 0 Å². The highest BCUT2D eigenvalue weighted by Crippen LogP contribution is 2.30. The van der Waals surface area contributed by atoms with Gasteiger partial charge in [-0.1, -0.05) is 34.8 Å². The lowest BCUT2D eigenvalue weighted by molar-refractivity contribution is 0.102. The molecule has 7 heteroatoms. The number of nitrogen functional groups attached to an aromatic ring is 1. The van der Waals surface area contributed by atoms with Gasteiger partial charge in [-0.2, -0.15) is 0 Å². The smallest absolute Gasteiger partial charge is 0.255 e. The van der Waals surface area contributed by atoms with Crippen LogP contribution in [0.2, 0.25) is 15.1 Å². The SMILES string of the molecule is Nc1cc(C(=O)Nc2ccc(Br)c(Cl)c2)cc(Cl)c1Cl. The summed E-state index contributed by atoms with van der Waals surface area (Å²) in [5.41, 5.74) is 6.80. The maximum Gasteiger partial charge on any atom is 0.255 e. The van der Waals surface area contributed by atoms with Crippen molar-refractivity contribution >= 4 is 68.0 Å². The molecule has 3 nitrogen and oxygen atoms in total. The summed E-state index contributed by atoms with van der Waals surface area (Å²) >= 11 is 21.0. The molecule has 3 N–H and O–H groups in total. The molecule has 0 aliphatic carbocycles. The van der Waals surface area contributed by atoms with Crippen LogP contribution in [0.15, 0.2) is 34.8 Å². The summed E-state index contributed by atoms with van der Waals surface area (Å²) in [6.45, 7) is 0. The van der Waals surface area contributed by atoms with Crippen LogP contribution in [-0.4, -0.2) is 5.91 Å². The molecule has 0 aromatic heterocycles. The molecular weight excluding hydrogens is 386 g/mol. The van der Waals surface area contributed by atoms with Crippen LogP contribution in [0, 0.1) is 0 Å². The highest BCUT2D eigenvalue weighted by atomic mass is 79.9. The van der Waals surface area contributed by atoms with Gasteiger partial charge in [-0.15, -0.1) is 0 Å². The predicted molar refractivity (Wildman–Crippen MR) is 88.0 cm³/mol. The number of amides is 1. The van der Waals surface area contributed by atoms with Crippen molar-refractivity contribution < 1.29 is 4.79 Å². The van der Waals surface area contributed by atoms with Gasteiger partial charge in [0.25, 0.3) is 5.91 Å². The number of carbonyl (C=O) groups is 1. The van der Waals surface area contributed by atoms with E-state index < -0.39 is 0 Å². The van der Waals surface area contributed by atoms with Gasteiger partial charge in [-0.3, -0.25) is 4.79 Å². The number of nitrogens with one attached hydrogen (secondary N) is 1. The van der Waals surface area contributed by atoms with E-state index >= 15 is 0 Å². The number of hydrogen-bond acceptors (Lipinski definition) is 2. The van der Waals surface area contributed by atoms with Gasteiger partial charge in [0.1, 0.15) is 0 Å². The number of anilines is 2. The Morgan fingerprint density at radius 3 is 2.40 bits per heavy atom. The van der Waals surface area contributed by atoms with Crippen LogP contribution in [0.4, 0.5) is 11.4 Å². The number of benzene rings is 2. The molecule has 0 saturated carbocycles. The minimum atomic E-state index is -0.353. The Kier molecular flexibility index (Phi) is 4.81. The van der Waals surface area contributed by atoms with E-state index in [4.69, 9.17) is 40.5 Å². The molecule has 20 heavy (non-hydrogen) atoms. The number of hydrogen-bond donors (Lipinski definition) is 2. The van der Waals surface area contributed by atoms with Gasteiger partial charge < -0.3 is 11.1 Å². The van der Waals surface area contributed by atoms with Crippen LogP contribution in [0.25, 0.3) is 0 Å². The van der Waals surface area contributed by atoms with Crippen molar-refractivity contribution in [2.45, 2.75) is 0 Å². The standard InChI is InChI=1S/C13H8BrCl3N2O/c14-8-2-1-7(5-9(8)15)19-13(20)6-3-10(16)12(17)11(18)4-6/h1-5H,18H2,(H,19,20). The topological polar surface area (TPSA) is 55.1 Å². The predicted octanol–water partition coefficient (Wildman–Crippen LogP) is 5.24. The Morgan fingerprint density at radius 1 is 1.10 bits per heavy atom. The molecule has 0 unspecified atom stereocenters. The average Bonchev–Trinajstić information content (AvgIpc) is 2.39. The molecule has 2 rings (SSSR count). The van der Waals surface area contributed by atoms with Gasteiger partial charge in [0.05, 0.1) is 20.8 Å². The van der Waals surface area contributed by atoms with Crippen molar-refractivity contribution in [3.8, 4) is 0 Å². The summed E-state index contributed by atoms with van der Waals surface area (Å²) in [5.74, 6) is -0.353. The fourth-order valence-corrected chi connectivity index (χ4v) is 2.28. The van der Waals surface area contributed by atoms with E-state index in [0.717, 1.165) is 4.47 Å². The second kappa shape index (κ2) is 6.22. The number of nitrogens with two attached hydrogens (primary N) is 1. The van der Waals surface area contributed by atoms with Crippen molar-refractivity contribution in [3.63, 3.8) is 0 Å². The van der Waals surface area contributed by atoms with Gasteiger partial charge in [0.2, 0.25) is 0 Å². The first kappa shape index (κ1) is 15.4. The average molecular weight is 394 g/mol. The number of carbonyl (C=O) groups excluding carboxylic acids is 1. The third kappa shape index (κ3) is 3.38. The monoisotopic (exact) mass is 392 g/mol. The highest BCUT2D eigenvalue weighted by molar-refractivity contribution is 9.10. The number of halogens is 4. The van der Waals surface area contributed by atoms with Gasteiger partial charge >= 0.3 is 0 Å². The summed E-state index contributed by atoms with van der Waals surface area (Å²) in [4.78, 5) is 12.1. The molecular formula is C13H8BrCl3N2O. The van der Waals surface area contributed by atoms with Crippen LogP contribution in [-0.2, 0) is 0 Å². The van der Waals surface area contributed by atoms with E-state index in [9.17, 15) is 4.79 Å². The Bertz CT molecular complexity index is 668. The molecule has 0 saturated heterocycles. The van der Waals surface area contributed by atoms with E-state index in [-0.39, 0.29) is 21.6 Å². The lowest BCUT2D eigenvalue weighted by Crippen LogP contribution is -2.12. The number of rotatable bonds is 2. The van der Waals surface area contributed by atoms with E-state index in [2.05, 4.69) is 21.2 Å². The van der Waals surface area contributed by atoms with Crippen molar-refractivity contribution in [2.75, 3.05) is 11.1 Å². The van der Waals surface area contributed by atoms with Crippen LogP contribution in [0.5, 0.6) is 0 Å². The van der Waals surface area contributed by atoms with Crippen LogP contribution >= 0.6 is 50.7 Å². The quantitative estimate of drug-likeness (QED) is 0.684. The summed E-state index contributed by atoms with van der Waals surface area (Å²) in [5, 5.41) is 3.65. The summed E-state index contributed by atoms with van der Waals surface area (Å²) in [6.07, 6.45) is 0. The zero-order valence-corrected chi connectivity index (χ0v) is 13.7. The van der Waals surface area contributed by atoms with Crippen molar-refractivity contribution in [2.24, 2.45) is 0 Å². The maximum absolute atomic E-state index is 12.1. The van der Waals surface area contributed by atoms with Crippen molar-refractivity contribution in [1.82, 2.24) is 0 Å². The van der Waals surface area contributed by atoms with Gasteiger partial charge in [0.15, 0.2) is 0 Å². The molecule has 0 aliphatic rings. The van der Waals surface area contributed by atoms with Gasteiger partial charge in [-0.25, -0.2) is 0 Å². The molecule has 0 atom stereocenters. The highest BCUT2D eigenvalue weighted by Gasteiger charge is 2.12. The fraction of sp³-hybridized carbons (Fsp3) is 0. The summed E-state index contributed by atoms with van der Waals surface area (Å²) in [6, 6.07) is 8.00. The van der Waals surface area contributed by atoms with Gasteiger partial charge in [-0.05, 0) is 46.3 Å². The third-order valence-electron chi connectivity index (χ3n) is 2.50. The molecule has 0 radical (unpaired) electrons.